The molecule has 3 nitrogen and oxygen atoms in total. The predicted molar refractivity (Wildman–Crippen MR) is 89.5 cm³/mol. The lowest BCUT2D eigenvalue weighted by Gasteiger charge is -2.25. The van der Waals surface area contributed by atoms with Crippen LogP contribution in [-0.2, 0) is 19.6 Å². The molecule has 0 aliphatic heterocycles. The summed E-state index contributed by atoms with van der Waals surface area (Å²) in [4.78, 5) is 3.90. The van der Waals surface area contributed by atoms with Crippen molar-refractivity contribution in [3.05, 3.63) is 45.5 Å². The SMILES string of the molecule is CCNCc1cc(CN(Cc2cccs2)C(C)C)c(C)o1. The van der Waals surface area contributed by atoms with Crippen LogP contribution in [0.15, 0.2) is 28.0 Å². The van der Waals surface area contributed by atoms with Gasteiger partial charge in [0.1, 0.15) is 11.5 Å². The van der Waals surface area contributed by atoms with E-state index in [2.05, 4.69) is 61.5 Å². The topological polar surface area (TPSA) is 28.4 Å². The maximum absolute atomic E-state index is 5.85. The van der Waals surface area contributed by atoms with Crippen LogP contribution >= 0.6 is 11.3 Å². The second kappa shape index (κ2) is 7.78. The summed E-state index contributed by atoms with van der Waals surface area (Å²) in [6, 6.07) is 7.04. The monoisotopic (exact) mass is 306 g/mol. The summed E-state index contributed by atoms with van der Waals surface area (Å²) in [6.07, 6.45) is 0. The molecule has 0 fully saturated rings. The molecular formula is C17H26N2OS. The maximum Gasteiger partial charge on any atom is 0.118 e. The zero-order valence-electron chi connectivity index (χ0n) is 13.5. The van der Waals surface area contributed by atoms with Crippen molar-refractivity contribution in [3.63, 3.8) is 0 Å². The third kappa shape index (κ3) is 4.70. The molecule has 116 valence electrons. The highest BCUT2D eigenvalue weighted by atomic mass is 32.1. The van der Waals surface area contributed by atoms with E-state index >= 15 is 0 Å². The number of nitrogens with one attached hydrogen (secondary N) is 1. The van der Waals surface area contributed by atoms with Crippen molar-refractivity contribution in [1.29, 1.82) is 0 Å². The van der Waals surface area contributed by atoms with Crippen LogP contribution in [0.4, 0.5) is 0 Å². The standard InChI is InChI=1S/C17H26N2OS/c1-5-18-10-16-9-15(14(4)20-16)11-19(13(2)3)12-17-7-6-8-21-17/h6-9,13,18H,5,10-12H2,1-4H3. The van der Waals surface area contributed by atoms with Gasteiger partial charge < -0.3 is 9.73 Å². The van der Waals surface area contributed by atoms with Crippen LogP contribution in [0.5, 0.6) is 0 Å². The van der Waals surface area contributed by atoms with Gasteiger partial charge in [0.05, 0.1) is 6.54 Å². The Morgan fingerprint density at radius 3 is 2.76 bits per heavy atom. The molecule has 1 N–H and O–H groups in total. The molecule has 0 radical (unpaired) electrons. The van der Waals surface area contributed by atoms with Crippen LogP contribution in [0.25, 0.3) is 0 Å². The van der Waals surface area contributed by atoms with Gasteiger partial charge in [-0.1, -0.05) is 13.0 Å². The molecule has 21 heavy (non-hydrogen) atoms. The summed E-state index contributed by atoms with van der Waals surface area (Å²) in [7, 11) is 0. The Hall–Kier alpha value is -1.10. The van der Waals surface area contributed by atoms with Crippen molar-refractivity contribution in [2.45, 2.75) is 53.4 Å². The molecule has 0 amide bonds. The number of furan rings is 1. The number of nitrogens with zero attached hydrogens (tertiary/aromatic N) is 1. The first kappa shape index (κ1) is 16.3. The van der Waals surface area contributed by atoms with Crippen molar-refractivity contribution in [2.75, 3.05) is 6.54 Å². The second-order valence-electron chi connectivity index (χ2n) is 5.65. The highest BCUT2D eigenvalue weighted by Gasteiger charge is 2.15. The van der Waals surface area contributed by atoms with Gasteiger partial charge in [0.15, 0.2) is 0 Å². The average molecular weight is 306 g/mol. The van der Waals surface area contributed by atoms with Crippen LogP contribution in [0.2, 0.25) is 0 Å². The van der Waals surface area contributed by atoms with Gasteiger partial charge in [0.2, 0.25) is 0 Å². The molecule has 0 saturated carbocycles. The summed E-state index contributed by atoms with van der Waals surface area (Å²) in [5, 5.41) is 5.46. The molecule has 0 aromatic carbocycles. The van der Waals surface area contributed by atoms with E-state index in [1.54, 1.807) is 0 Å². The fourth-order valence-electron chi connectivity index (χ4n) is 2.32. The first-order valence-electron chi connectivity index (χ1n) is 7.65. The third-order valence-electron chi connectivity index (χ3n) is 3.66. The van der Waals surface area contributed by atoms with E-state index in [4.69, 9.17) is 4.42 Å². The van der Waals surface area contributed by atoms with Gasteiger partial charge in [-0.15, -0.1) is 11.3 Å². The van der Waals surface area contributed by atoms with E-state index in [1.165, 1.54) is 10.4 Å². The molecule has 0 atom stereocenters. The Morgan fingerprint density at radius 1 is 1.33 bits per heavy atom. The number of thiophene rings is 1. The van der Waals surface area contributed by atoms with Crippen LogP contribution in [-0.4, -0.2) is 17.5 Å². The molecule has 0 saturated heterocycles. The van der Waals surface area contributed by atoms with Crippen molar-refractivity contribution in [2.24, 2.45) is 0 Å². The van der Waals surface area contributed by atoms with Gasteiger partial charge in [-0.05, 0) is 44.8 Å². The molecular weight excluding hydrogens is 280 g/mol. The molecule has 0 unspecified atom stereocenters. The van der Waals surface area contributed by atoms with E-state index in [0.717, 1.165) is 37.7 Å². The van der Waals surface area contributed by atoms with E-state index in [-0.39, 0.29) is 0 Å². The molecule has 0 aliphatic carbocycles. The Labute approximate surface area is 132 Å². The van der Waals surface area contributed by atoms with Crippen molar-refractivity contribution in [3.8, 4) is 0 Å². The number of rotatable bonds is 8. The summed E-state index contributed by atoms with van der Waals surface area (Å²) in [5.41, 5.74) is 1.30. The van der Waals surface area contributed by atoms with Gasteiger partial charge in [-0.3, -0.25) is 4.90 Å². The van der Waals surface area contributed by atoms with Gasteiger partial charge >= 0.3 is 0 Å². The summed E-state index contributed by atoms with van der Waals surface area (Å²) in [6.45, 7) is 12.4. The molecule has 0 bridgehead atoms. The lowest BCUT2D eigenvalue weighted by atomic mass is 10.2. The lowest BCUT2D eigenvalue weighted by molar-refractivity contribution is 0.204. The zero-order valence-corrected chi connectivity index (χ0v) is 14.3. The predicted octanol–water partition coefficient (Wildman–Crippen LogP) is 4.17. The third-order valence-corrected chi connectivity index (χ3v) is 4.52. The Bertz CT molecular complexity index is 531. The number of hydrogen-bond acceptors (Lipinski definition) is 4. The Kier molecular flexibility index (Phi) is 6.03. The molecule has 0 aliphatic rings. The van der Waals surface area contributed by atoms with Crippen LogP contribution in [0, 0.1) is 6.92 Å². The Balaban J connectivity index is 2.04. The van der Waals surface area contributed by atoms with Crippen LogP contribution in [0.1, 0.15) is 42.7 Å². The van der Waals surface area contributed by atoms with E-state index in [1.807, 2.05) is 11.3 Å². The minimum Gasteiger partial charge on any atom is -0.465 e. The first-order chi connectivity index (χ1) is 10.1. The normalized spacial score (nSPS) is 11.7. The number of hydrogen-bond donors (Lipinski definition) is 1. The fraction of sp³-hybridized carbons (Fsp3) is 0.529. The van der Waals surface area contributed by atoms with Gasteiger partial charge in [-0.2, -0.15) is 0 Å². The summed E-state index contributed by atoms with van der Waals surface area (Å²) < 4.78 is 5.85. The van der Waals surface area contributed by atoms with E-state index in [9.17, 15) is 0 Å². The molecule has 0 spiro atoms. The van der Waals surface area contributed by atoms with Gasteiger partial charge in [0.25, 0.3) is 0 Å². The lowest BCUT2D eigenvalue weighted by Crippen LogP contribution is -2.29. The van der Waals surface area contributed by atoms with Crippen LogP contribution < -0.4 is 5.32 Å². The Morgan fingerprint density at radius 2 is 2.14 bits per heavy atom. The average Bonchev–Trinajstić information content (AvgIpc) is 3.06. The molecule has 2 heterocycles. The van der Waals surface area contributed by atoms with Gasteiger partial charge in [-0.25, -0.2) is 0 Å². The van der Waals surface area contributed by atoms with Crippen molar-refractivity contribution < 1.29 is 4.42 Å². The smallest absolute Gasteiger partial charge is 0.118 e. The van der Waals surface area contributed by atoms with Crippen molar-refractivity contribution in [1.82, 2.24) is 10.2 Å². The van der Waals surface area contributed by atoms with Crippen molar-refractivity contribution >= 4 is 11.3 Å². The minimum atomic E-state index is 0.513. The molecule has 2 rings (SSSR count). The minimum absolute atomic E-state index is 0.513. The second-order valence-corrected chi connectivity index (χ2v) is 6.68. The molecule has 2 aromatic rings. The largest absolute Gasteiger partial charge is 0.465 e. The zero-order chi connectivity index (χ0) is 15.2. The van der Waals surface area contributed by atoms with E-state index < -0.39 is 0 Å². The van der Waals surface area contributed by atoms with E-state index in [0.29, 0.717) is 6.04 Å². The summed E-state index contributed by atoms with van der Waals surface area (Å²) >= 11 is 1.82. The quantitative estimate of drug-likeness (QED) is 0.793. The first-order valence-corrected chi connectivity index (χ1v) is 8.53. The highest BCUT2D eigenvalue weighted by Crippen LogP contribution is 2.21. The maximum atomic E-state index is 5.85. The van der Waals surface area contributed by atoms with Crippen LogP contribution in [0.3, 0.4) is 0 Å². The van der Waals surface area contributed by atoms with Gasteiger partial charge in [0, 0.05) is 29.6 Å². The molecule has 2 aromatic heterocycles. The molecule has 4 heteroatoms. The highest BCUT2D eigenvalue weighted by molar-refractivity contribution is 7.09. The fourth-order valence-corrected chi connectivity index (χ4v) is 3.05. The number of aryl methyl sites for hydroxylation is 1. The summed E-state index contributed by atoms with van der Waals surface area (Å²) in [5.74, 6) is 2.07.